The van der Waals surface area contributed by atoms with Crippen LogP contribution < -0.4 is 4.72 Å². The van der Waals surface area contributed by atoms with Crippen LogP contribution in [0.2, 0.25) is 0 Å². The molecule has 0 radical (unpaired) electrons. The maximum Gasteiger partial charge on any atom is 0.340 e. The second-order valence-electron chi connectivity index (χ2n) is 5.63. The highest BCUT2D eigenvalue weighted by molar-refractivity contribution is 7.92. The Hall–Kier alpha value is -3.08. The molecular formula is C16H16FN5O4S. The molecule has 0 unspecified atom stereocenters. The number of halogens is 1. The van der Waals surface area contributed by atoms with E-state index in [1.807, 2.05) is 4.72 Å². The van der Waals surface area contributed by atoms with Crippen molar-refractivity contribution < 1.29 is 22.3 Å². The van der Waals surface area contributed by atoms with Crippen LogP contribution in [0.15, 0.2) is 29.4 Å². The molecule has 2 heterocycles. The summed E-state index contributed by atoms with van der Waals surface area (Å²) in [7, 11) is -4.38. The molecule has 2 aromatic heterocycles. The maximum absolute atomic E-state index is 14.2. The Morgan fingerprint density at radius 2 is 2.04 bits per heavy atom. The van der Waals surface area contributed by atoms with Gasteiger partial charge in [-0.25, -0.2) is 18.7 Å². The second-order valence-corrected chi connectivity index (χ2v) is 7.21. The number of carbonyl (C=O) groups excluding carboxylic acids is 1. The van der Waals surface area contributed by atoms with E-state index in [1.165, 1.54) is 16.6 Å². The third kappa shape index (κ3) is 3.58. The van der Waals surface area contributed by atoms with E-state index in [0.29, 0.717) is 11.4 Å². The van der Waals surface area contributed by atoms with Crippen molar-refractivity contribution in [3.8, 4) is 0 Å². The van der Waals surface area contributed by atoms with Crippen LogP contribution in [0.5, 0.6) is 0 Å². The summed E-state index contributed by atoms with van der Waals surface area (Å²) in [6.45, 7) is 5.09. The van der Waals surface area contributed by atoms with Crippen molar-refractivity contribution in [2.24, 2.45) is 0 Å². The van der Waals surface area contributed by atoms with Crippen LogP contribution in [-0.2, 0) is 14.8 Å². The van der Waals surface area contributed by atoms with Crippen molar-refractivity contribution in [3.05, 3.63) is 47.0 Å². The number of hydrogen-bond acceptors (Lipinski definition) is 7. The van der Waals surface area contributed by atoms with Crippen LogP contribution >= 0.6 is 0 Å². The highest BCUT2D eigenvalue weighted by Crippen LogP contribution is 2.24. The molecule has 0 bridgehead atoms. The van der Waals surface area contributed by atoms with Gasteiger partial charge in [-0.15, -0.1) is 5.10 Å². The van der Waals surface area contributed by atoms with E-state index < -0.39 is 32.7 Å². The fraction of sp³-hybridized carbons (Fsp3) is 0.250. The van der Waals surface area contributed by atoms with E-state index in [4.69, 9.17) is 4.74 Å². The minimum Gasteiger partial charge on any atom is -0.462 e. The molecule has 0 amide bonds. The summed E-state index contributed by atoms with van der Waals surface area (Å²) in [5.41, 5.74) is 0.484. The van der Waals surface area contributed by atoms with Crippen LogP contribution in [0, 0.1) is 19.7 Å². The van der Waals surface area contributed by atoms with Crippen LogP contribution in [0.4, 0.5) is 10.1 Å². The first-order valence-corrected chi connectivity index (χ1v) is 9.40. The largest absolute Gasteiger partial charge is 0.462 e. The predicted octanol–water partition coefficient (Wildman–Crippen LogP) is 1.86. The zero-order valence-electron chi connectivity index (χ0n) is 14.7. The molecule has 1 N–H and O–H groups in total. The Morgan fingerprint density at radius 1 is 1.30 bits per heavy atom. The van der Waals surface area contributed by atoms with Gasteiger partial charge in [0, 0.05) is 11.4 Å². The van der Waals surface area contributed by atoms with Crippen LogP contribution in [-0.4, -0.2) is 40.6 Å². The number of ether oxygens (including phenoxy) is 1. The van der Waals surface area contributed by atoms with Crippen molar-refractivity contribution in [2.45, 2.75) is 25.9 Å². The fourth-order valence-electron chi connectivity index (χ4n) is 2.45. The van der Waals surface area contributed by atoms with E-state index >= 15 is 0 Å². The Labute approximate surface area is 154 Å². The first-order chi connectivity index (χ1) is 12.7. The average Bonchev–Trinajstić information content (AvgIpc) is 3.02. The second kappa shape index (κ2) is 6.91. The summed E-state index contributed by atoms with van der Waals surface area (Å²) in [5, 5.41) is 3.32. The van der Waals surface area contributed by atoms with Gasteiger partial charge in [0.15, 0.2) is 0 Å². The molecule has 0 saturated carbocycles. The number of para-hydroxylation sites is 1. The number of nitrogens with one attached hydrogen (secondary N) is 1. The third-order valence-electron chi connectivity index (χ3n) is 3.58. The number of hydrogen-bond donors (Lipinski definition) is 1. The third-order valence-corrected chi connectivity index (χ3v) is 4.71. The molecule has 0 atom stereocenters. The summed E-state index contributed by atoms with van der Waals surface area (Å²) in [6.07, 6.45) is 0. The number of aromatic nitrogens is 4. The van der Waals surface area contributed by atoms with Gasteiger partial charge in [0.2, 0.25) is 0 Å². The van der Waals surface area contributed by atoms with Crippen LogP contribution in [0.25, 0.3) is 5.78 Å². The van der Waals surface area contributed by atoms with Gasteiger partial charge in [0.1, 0.15) is 5.82 Å². The number of fused-ring (bicyclic) bond motifs is 1. The lowest BCUT2D eigenvalue weighted by Gasteiger charge is -2.11. The molecule has 0 aliphatic rings. The molecular weight excluding hydrogens is 377 g/mol. The van der Waals surface area contributed by atoms with Crippen molar-refractivity contribution in [3.63, 3.8) is 0 Å². The summed E-state index contributed by atoms with van der Waals surface area (Å²) in [6, 6.07) is 5.26. The molecule has 0 aliphatic heterocycles. The Morgan fingerprint density at radius 3 is 2.74 bits per heavy atom. The van der Waals surface area contributed by atoms with Crippen molar-refractivity contribution in [1.29, 1.82) is 0 Å². The average molecular weight is 393 g/mol. The number of carbonyl (C=O) groups is 1. The quantitative estimate of drug-likeness (QED) is 0.658. The summed E-state index contributed by atoms with van der Waals surface area (Å²) >= 11 is 0. The molecule has 1 aromatic carbocycles. The molecule has 0 fully saturated rings. The number of nitrogens with zero attached hydrogens (tertiary/aromatic N) is 4. The van der Waals surface area contributed by atoms with Gasteiger partial charge in [-0.2, -0.15) is 13.4 Å². The maximum atomic E-state index is 14.2. The van der Waals surface area contributed by atoms with Gasteiger partial charge in [-0.3, -0.25) is 4.72 Å². The van der Waals surface area contributed by atoms with E-state index in [0.717, 1.165) is 6.07 Å². The number of benzene rings is 1. The Kier molecular flexibility index (Phi) is 4.79. The van der Waals surface area contributed by atoms with Gasteiger partial charge in [-0.05, 0) is 39.0 Å². The minimum absolute atomic E-state index is 0.0554. The highest BCUT2D eigenvalue weighted by atomic mass is 32.2. The van der Waals surface area contributed by atoms with E-state index in [2.05, 4.69) is 15.1 Å². The molecule has 0 aliphatic carbocycles. The molecule has 0 saturated heterocycles. The Bertz CT molecular complexity index is 1140. The SMILES string of the molecule is CCOC(=O)c1cccc(F)c1NS(=O)(=O)c1nc2nc(C)cc(C)n2n1. The highest BCUT2D eigenvalue weighted by Gasteiger charge is 2.26. The van der Waals surface area contributed by atoms with Crippen molar-refractivity contribution >= 4 is 27.5 Å². The van der Waals surface area contributed by atoms with Crippen molar-refractivity contribution in [1.82, 2.24) is 19.6 Å². The Balaban J connectivity index is 2.05. The first kappa shape index (κ1) is 18.7. The number of aryl methyl sites for hydroxylation is 2. The lowest BCUT2D eigenvalue weighted by molar-refractivity contribution is 0.0527. The molecule has 9 nitrogen and oxygen atoms in total. The number of anilines is 1. The summed E-state index contributed by atoms with van der Waals surface area (Å²) < 4.78 is 47.7. The van der Waals surface area contributed by atoms with Crippen LogP contribution in [0.1, 0.15) is 28.7 Å². The van der Waals surface area contributed by atoms with Gasteiger partial charge < -0.3 is 4.74 Å². The van der Waals surface area contributed by atoms with E-state index in [9.17, 15) is 17.6 Å². The van der Waals surface area contributed by atoms with Gasteiger partial charge in [0.25, 0.3) is 21.0 Å². The van der Waals surface area contributed by atoms with E-state index in [-0.39, 0.29) is 17.9 Å². The number of sulfonamides is 1. The zero-order chi connectivity index (χ0) is 19.8. The zero-order valence-corrected chi connectivity index (χ0v) is 15.5. The standard InChI is InChI=1S/C16H16FN5O4S/c1-4-26-14(23)11-6-5-7-12(17)13(11)21-27(24,25)16-19-15-18-9(2)8-10(3)22(15)20-16/h5-8,21H,4H2,1-3H3. The number of rotatable bonds is 5. The predicted molar refractivity (Wildman–Crippen MR) is 93.4 cm³/mol. The molecule has 3 aromatic rings. The smallest absolute Gasteiger partial charge is 0.340 e. The fourth-order valence-corrected chi connectivity index (χ4v) is 3.41. The molecule has 142 valence electrons. The lowest BCUT2D eigenvalue weighted by atomic mass is 10.2. The molecule has 0 spiro atoms. The van der Waals surface area contributed by atoms with Gasteiger partial charge >= 0.3 is 5.97 Å². The van der Waals surface area contributed by atoms with Gasteiger partial charge in [0.05, 0.1) is 17.9 Å². The van der Waals surface area contributed by atoms with Gasteiger partial charge in [-0.1, -0.05) is 6.07 Å². The van der Waals surface area contributed by atoms with E-state index in [1.54, 1.807) is 26.8 Å². The number of esters is 1. The molecule has 3 rings (SSSR count). The summed E-state index contributed by atoms with van der Waals surface area (Å²) in [5.74, 6) is -1.70. The molecule has 11 heteroatoms. The monoisotopic (exact) mass is 393 g/mol. The lowest BCUT2D eigenvalue weighted by Crippen LogP contribution is -2.19. The topological polar surface area (TPSA) is 116 Å². The van der Waals surface area contributed by atoms with Crippen LogP contribution in [0.3, 0.4) is 0 Å². The van der Waals surface area contributed by atoms with Crippen molar-refractivity contribution in [2.75, 3.05) is 11.3 Å². The summed E-state index contributed by atoms with van der Waals surface area (Å²) in [4.78, 5) is 20.0. The molecule has 27 heavy (non-hydrogen) atoms. The normalized spacial score (nSPS) is 11.6. The first-order valence-electron chi connectivity index (χ1n) is 7.92. The minimum atomic E-state index is -4.38.